The van der Waals surface area contributed by atoms with Gasteiger partial charge in [0, 0.05) is 17.5 Å². The van der Waals surface area contributed by atoms with Crippen molar-refractivity contribution in [2.45, 2.75) is 19.4 Å². The fourth-order valence-corrected chi connectivity index (χ4v) is 5.00. The van der Waals surface area contributed by atoms with E-state index in [1.54, 1.807) is 0 Å². The fourth-order valence-electron chi connectivity index (χ4n) is 5.00. The zero-order chi connectivity index (χ0) is 7.59. The van der Waals surface area contributed by atoms with Crippen LogP contribution < -0.4 is 0 Å². The summed E-state index contributed by atoms with van der Waals surface area (Å²) >= 11 is 0. The molecule has 1 heterocycles. The number of hydrogen-bond donors (Lipinski definition) is 0. The zero-order valence-corrected chi connectivity index (χ0v) is 7.46. The molecule has 2 spiro atoms. The van der Waals surface area contributed by atoms with E-state index in [0.29, 0.717) is 0 Å². The molecule has 0 aromatic rings. The first kappa shape index (κ1) is 5.58. The molecule has 3 aliphatic carbocycles. The molecule has 3 saturated carbocycles. The van der Waals surface area contributed by atoms with Gasteiger partial charge < -0.3 is 0 Å². The van der Waals surface area contributed by atoms with E-state index in [9.17, 15) is 0 Å². The molecule has 0 bridgehead atoms. The second kappa shape index (κ2) is 1.02. The van der Waals surface area contributed by atoms with Crippen LogP contribution in [-0.2, 0) is 0 Å². The third-order valence-corrected chi connectivity index (χ3v) is 5.66. The maximum Gasteiger partial charge on any atom is 0.0436 e. The molecule has 1 saturated heterocycles. The first-order chi connectivity index (χ1) is 5.19. The van der Waals surface area contributed by atoms with Crippen molar-refractivity contribution in [3.05, 3.63) is 0 Å². The molecule has 1 heteroatoms. The average molecular weight is 149 g/mol. The Labute approximate surface area is 67.8 Å². The normalized spacial score (nSPS) is 87.0. The Hall–Kier alpha value is -0.0400. The first-order valence-electron chi connectivity index (χ1n) is 4.90. The maximum absolute atomic E-state index is 2.58. The molecule has 0 aromatic heterocycles. The van der Waals surface area contributed by atoms with Crippen molar-refractivity contribution < 1.29 is 0 Å². The number of hydrogen-bond acceptors (Lipinski definition) is 1. The van der Waals surface area contributed by atoms with Gasteiger partial charge in [-0.2, -0.15) is 0 Å². The van der Waals surface area contributed by atoms with Crippen LogP contribution in [0, 0.1) is 29.1 Å². The van der Waals surface area contributed by atoms with Gasteiger partial charge in [0.1, 0.15) is 0 Å². The van der Waals surface area contributed by atoms with Crippen LogP contribution in [0.4, 0.5) is 0 Å². The lowest BCUT2D eigenvalue weighted by molar-refractivity contribution is 0.0614. The number of nitrogens with zero attached hydrogens (tertiary/aromatic N) is 1. The lowest BCUT2D eigenvalue weighted by Gasteiger charge is -2.42. The van der Waals surface area contributed by atoms with Crippen LogP contribution in [-0.4, -0.2) is 24.0 Å². The SMILES string of the molecule is CC1C(C)C23C1C2C31CN1C. The third kappa shape index (κ3) is 0.253. The minimum atomic E-state index is 0.795. The summed E-state index contributed by atoms with van der Waals surface area (Å²) in [4.78, 5) is 2.58. The van der Waals surface area contributed by atoms with Gasteiger partial charge in [0.2, 0.25) is 0 Å². The average Bonchev–Trinajstić information content (AvgIpc) is 2.80. The van der Waals surface area contributed by atoms with Gasteiger partial charge in [-0.25, -0.2) is 0 Å². The third-order valence-electron chi connectivity index (χ3n) is 5.66. The Morgan fingerprint density at radius 3 is 2.36 bits per heavy atom. The monoisotopic (exact) mass is 149 g/mol. The van der Waals surface area contributed by atoms with Crippen LogP contribution in [0.25, 0.3) is 0 Å². The molecule has 0 radical (unpaired) electrons. The summed E-state index contributed by atoms with van der Waals surface area (Å²) in [6.07, 6.45) is 0. The van der Waals surface area contributed by atoms with Gasteiger partial charge in [-0.3, -0.25) is 4.90 Å². The van der Waals surface area contributed by atoms with E-state index in [2.05, 4.69) is 25.8 Å². The smallest absolute Gasteiger partial charge is 0.0436 e. The predicted octanol–water partition coefficient (Wildman–Crippen LogP) is 1.20. The van der Waals surface area contributed by atoms with Gasteiger partial charge in [-0.1, -0.05) is 13.8 Å². The number of likely N-dealkylation sites (N-methyl/N-ethyl adjacent to an activating group) is 1. The summed E-state index contributed by atoms with van der Waals surface area (Å²) in [5.41, 5.74) is 1.69. The van der Waals surface area contributed by atoms with Crippen LogP contribution in [0.15, 0.2) is 0 Å². The molecule has 1 aliphatic heterocycles. The topological polar surface area (TPSA) is 3.01 Å². The van der Waals surface area contributed by atoms with Crippen molar-refractivity contribution >= 4 is 0 Å². The van der Waals surface area contributed by atoms with Crippen LogP contribution in [0.5, 0.6) is 0 Å². The van der Waals surface area contributed by atoms with Crippen LogP contribution in [0.3, 0.4) is 0 Å². The van der Waals surface area contributed by atoms with Crippen molar-refractivity contribution in [1.82, 2.24) is 4.90 Å². The minimum Gasteiger partial charge on any atom is -0.297 e. The quantitative estimate of drug-likeness (QED) is 0.468. The van der Waals surface area contributed by atoms with Crippen molar-refractivity contribution in [2.75, 3.05) is 13.6 Å². The van der Waals surface area contributed by atoms with Crippen LogP contribution in [0.1, 0.15) is 13.8 Å². The summed E-state index contributed by atoms with van der Waals surface area (Å²) < 4.78 is 0. The summed E-state index contributed by atoms with van der Waals surface area (Å²) in [6, 6.07) is 0. The van der Waals surface area contributed by atoms with Crippen molar-refractivity contribution in [3.8, 4) is 0 Å². The highest BCUT2D eigenvalue weighted by Gasteiger charge is 3.07. The second-order valence-corrected chi connectivity index (χ2v) is 5.36. The van der Waals surface area contributed by atoms with Crippen LogP contribution in [0.2, 0.25) is 0 Å². The summed E-state index contributed by atoms with van der Waals surface area (Å²) in [5, 5.41) is 0. The molecule has 4 fully saturated rings. The summed E-state index contributed by atoms with van der Waals surface area (Å²) in [6.45, 7) is 6.34. The largest absolute Gasteiger partial charge is 0.297 e. The van der Waals surface area contributed by atoms with Gasteiger partial charge in [0.05, 0.1) is 0 Å². The van der Waals surface area contributed by atoms with E-state index in [1.807, 2.05) is 0 Å². The van der Waals surface area contributed by atoms with Gasteiger partial charge >= 0.3 is 0 Å². The highest BCUT2D eigenvalue weighted by molar-refractivity contribution is 5.57. The van der Waals surface area contributed by atoms with E-state index >= 15 is 0 Å². The van der Waals surface area contributed by atoms with Crippen molar-refractivity contribution in [3.63, 3.8) is 0 Å². The predicted molar refractivity (Wildman–Crippen MR) is 43.1 cm³/mol. The van der Waals surface area contributed by atoms with Crippen LogP contribution >= 0.6 is 0 Å². The van der Waals surface area contributed by atoms with E-state index in [-0.39, 0.29) is 0 Å². The first-order valence-corrected chi connectivity index (χ1v) is 4.90. The van der Waals surface area contributed by atoms with E-state index in [4.69, 9.17) is 0 Å². The Kier molecular flexibility index (Phi) is 0.519. The molecule has 11 heavy (non-hydrogen) atoms. The molecule has 0 amide bonds. The van der Waals surface area contributed by atoms with E-state index < -0.39 is 0 Å². The molecule has 4 rings (SSSR count). The fraction of sp³-hybridized carbons (Fsp3) is 1.00. The molecule has 7 unspecified atom stereocenters. The Bertz CT molecular complexity index is 274. The standard InChI is InChI=1S/C10H15N/c1-5-6(2)10-7(5)8(10)9(10)4-11(9)3/h5-8H,4H2,1-3H3. The molecular weight excluding hydrogens is 134 g/mol. The highest BCUT2D eigenvalue weighted by Crippen LogP contribution is 3.02. The van der Waals surface area contributed by atoms with Gasteiger partial charge in [0.25, 0.3) is 0 Å². The van der Waals surface area contributed by atoms with Crippen molar-refractivity contribution in [1.29, 1.82) is 0 Å². The molecule has 4 aliphatic rings. The second-order valence-electron chi connectivity index (χ2n) is 5.36. The number of rotatable bonds is 0. The van der Waals surface area contributed by atoms with Crippen molar-refractivity contribution in [2.24, 2.45) is 29.1 Å². The lowest BCUT2D eigenvalue weighted by Crippen LogP contribution is -2.42. The Balaban J connectivity index is 1.74. The van der Waals surface area contributed by atoms with E-state index in [0.717, 1.165) is 28.7 Å². The molecule has 7 atom stereocenters. The Morgan fingerprint density at radius 2 is 2.00 bits per heavy atom. The van der Waals surface area contributed by atoms with Gasteiger partial charge in [-0.05, 0) is 30.7 Å². The molecule has 0 N–H and O–H groups in total. The van der Waals surface area contributed by atoms with E-state index in [1.165, 1.54) is 12.5 Å². The highest BCUT2D eigenvalue weighted by atomic mass is 15.5. The van der Waals surface area contributed by atoms with Gasteiger partial charge in [-0.15, -0.1) is 0 Å². The lowest BCUT2D eigenvalue weighted by atomic mass is 9.63. The maximum atomic E-state index is 2.58. The minimum absolute atomic E-state index is 0.795. The molecular formula is C10H15N. The molecule has 1 nitrogen and oxygen atoms in total. The Morgan fingerprint density at radius 1 is 1.36 bits per heavy atom. The number of fused-ring (bicyclic) bond motifs is 2. The zero-order valence-electron chi connectivity index (χ0n) is 7.46. The van der Waals surface area contributed by atoms with Gasteiger partial charge in [0.15, 0.2) is 0 Å². The summed E-state index contributed by atoms with van der Waals surface area (Å²) in [7, 11) is 2.30. The molecule has 60 valence electrons. The summed E-state index contributed by atoms with van der Waals surface area (Å²) in [5.74, 6) is 4.43. The molecule has 0 aromatic carbocycles.